The summed E-state index contributed by atoms with van der Waals surface area (Å²) >= 11 is 6.41. The zero-order valence-corrected chi connectivity index (χ0v) is 18.8. The summed E-state index contributed by atoms with van der Waals surface area (Å²) in [5.41, 5.74) is 3.79. The quantitative estimate of drug-likeness (QED) is 0.599. The average Bonchev–Trinajstić information content (AvgIpc) is 3.17. The first-order chi connectivity index (χ1) is 14.8. The van der Waals surface area contributed by atoms with Gasteiger partial charge in [-0.05, 0) is 75.9 Å². The van der Waals surface area contributed by atoms with Gasteiger partial charge >= 0.3 is 0 Å². The van der Waals surface area contributed by atoms with Gasteiger partial charge in [-0.2, -0.15) is 0 Å². The summed E-state index contributed by atoms with van der Waals surface area (Å²) in [5, 5.41) is 3.24. The first-order valence-electron chi connectivity index (χ1n) is 10.7. The summed E-state index contributed by atoms with van der Waals surface area (Å²) in [5.74, 6) is 0.345. The third-order valence-electron chi connectivity index (χ3n) is 5.94. The van der Waals surface area contributed by atoms with Crippen LogP contribution in [0.1, 0.15) is 71.3 Å². The van der Waals surface area contributed by atoms with Crippen LogP contribution >= 0.6 is 11.6 Å². The highest BCUT2D eigenvalue weighted by atomic mass is 35.5. The average molecular weight is 439 g/mol. The number of aromatic nitrogens is 2. The highest BCUT2D eigenvalue weighted by Gasteiger charge is 2.26. The monoisotopic (exact) mass is 438 g/mol. The molecule has 2 amide bonds. The van der Waals surface area contributed by atoms with E-state index in [9.17, 15) is 9.59 Å². The normalized spacial score (nSPS) is 17.5. The van der Waals surface area contributed by atoms with Crippen molar-refractivity contribution in [3.05, 3.63) is 63.9 Å². The minimum Gasteiger partial charge on any atom is -0.342 e. The molecule has 1 aromatic heterocycles. The van der Waals surface area contributed by atoms with Crippen LogP contribution in [0, 0.1) is 6.92 Å². The number of likely N-dealkylation sites (tertiary alicyclic amines) is 1. The lowest BCUT2D eigenvalue weighted by atomic mass is 10.0. The van der Waals surface area contributed by atoms with E-state index in [4.69, 9.17) is 11.6 Å². The van der Waals surface area contributed by atoms with Gasteiger partial charge in [0, 0.05) is 18.2 Å². The van der Waals surface area contributed by atoms with Crippen LogP contribution in [0.15, 0.2) is 36.4 Å². The second-order valence-corrected chi connectivity index (χ2v) is 8.78. The highest BCUT2D eigenvalue weighted by Crippen LogP contribution is 2.25. The number of imidazole rings is 1. The van der Waals surface area contributed by atoms with E-state index in [2.05, 4.69) is 22.2 Å². The van der Waals surface area contributed by atoms with Gasteiger partial charge in [-0.25, -0.2) is 4.98 Å². The molecule has 2 aromatic carbocycles. The van der Waals surface area contributed by atoms with Crippen molar-refractivity contribution in [2.45, 2.75) is 52.1 Å². The third-order valence-corrected chi connectivity index (χ3v) is 6.25. The number of nitrogens with one attached hydrogen (secondary N) is 2. The Balaban J connectivity index is 1.48. The van der Waals surface area contributed by atoms with Gasteiger partial charge in [0.15, 0.2) is 0 Å². The van der Waals surface area contributed by atoms with E-state index < -0.39 is 0 Å². The van der Waals surface area contributed by atoms with Crippen molar-refractivity contribution in [1.82, 2.24) is 20.2 Å². The Morgan fingerprint density at radius 2 is 2.03 bits per heavy atom. The maximum Gasteiger partial charge on any atom is 0.255 e. The van der Waals surface area contributed by atoms with E-state index in [1.165, 1.54) is 0 Å². The Labute approximate surface area is 187 Å². The summed E-state index contributed by atoms with van der Waals surface area (Å²) in [6, 6.07) is 10.7. The molecule has 0 spiro atoms. The SMILES string of the molecule is Cc1ccc2nc(C(C)NC(=O)c3ccc(C(=O)N4CCCCC4C)c(Cl)c3)[nH]c2c1. The molecule has 0 saturated carbocycles. The summed E-state index contributed by atoms with van der Waals surface area (Å²) < 4.78 is 0. The van der Waals surface area contributed by atoms with E-state index in [1.807, 2.05) is 36.9 Å². The number of amides is 2. The van der Waals surface area contributed by atoms with Crippen LogP contribution in [0.5, 0.6) is 0 Å². The number of nitrogens with zero attached hydrogens (tertiary/aromatic N) is 2. The van der Waals surface area contributed by atoms with Crippen molar-refractivity contribution < 1.29 is 9.59 Å². The minimum absolute atomic E-state index is 0.0740. The van der Waals surface area contributed by atoms with Gasteiger partial charge in [0.25, 0.3) is 11.8 Å². The van der Waals surface area contributed by atoms with Crippen molar-refractivity contribution >= 4 is 34.4 Å². The maximum atomic E-state index is 12.9. The number of piperidine rings is 1. The number of carbonyl (C=O) groups excluding carboxylic acids is 2. The van der Waals surface area contributed by atoms with Crippen molar-refractivity contribution in [3.8, 4) is 0 Å². The predicted molar refractivity (Wildman–Crippen MR) is 123 cm³/mol. The molecule has 1 aliphatic rings. The number of H-pyrrole nitrogens is 1. The summed E-state index contributed by atoms with van der Waals surface area (Å²) in [4.78, 5) is 35.4. The van der Waals surface area contributed by atoms with Crippen LogP contribution in [-0.4, -0.2) is 39.3 Å². The Morgan fingerprint density at radius 1 is 1.23 bits per heavy atom. The molecule has 0 bridgehead atoms. The Kier molecular flexibility index (Phi) is 6.01. The van der Waals surface area contributed by atoms with Crippen LogP contribution < -0.4 is 5.32 Å². The Bertz CT molecular complexity index is 1140. The number of carbonyl (C=O) groups is 2. The van der Waals surface area contributed by atoms with Gasteiger partial charge in [-0.3, -0.25) is 9.59 Å². The van der Waals surface area contributed by atoms with Gasteiger partial charge in [-0.1, -0.05) is 17.7 Å². The van der Waals surface area contributed by atoms with Gasteiger partial charge in [0.2, 0.25) is 0 Å². The number of benzene rings is 2. The Morgan fingerprint density at radius 3 is 2.77 bits per heavy atom. The molecule has 31 heavy (non-hydrogen) atoms. The fourth-order valence-electron chi connectivity index (χ4n) is 4.08. The van der Waals surface area contributed by atoms with E-state index in [1.54, 1.807) is 18.2 Å². The number of hydrogen-bond acceptors (Lipinski definition) is 3. The molecule has 2 atom stereocenters. The van der Waals surface area contributed by atoms with Crippen LogP contribution in [0.2, 0.25) is 5.02 Å². The first-order valence-corrected chi connectivity index (χ1v) is 11.1. The molecule has 1 aliphatic heterocycles. The van der Waals surface area contributed by atoms with Crippen LogP contribution in [0.25, 0.3) is 11.0 Å². The second kappa shape index (κ2) is 8.71. The number of fused-ring (bicyclic) bond motifs is 1. The third kappa shape index (κ3) is 4.44. The van der Waals surface area contributed by atoms with Gasteiger partial charge in [0.05, 0.1) is 27.7 Å². The molecule has 4 rings (SSSR count). The van der Waals surface area contributed by atoms with Crippen molar-refractivity contribution in [3.63, 3.8) is 0 Å². The summed E-state index contributed by atoms with van der Waals surface area (Å²) in [7, 11) is 0. The molecule has 0 aliphatic carbocycles. The number of aromatic amines is 1. The molecule has 7 heteroatoms. The van der Waals surface area contributed by atoms with Crippen molar-refractivity contribution in [2.24, 2.45) is 0 Å². The van der Waals surface area contributed by atoms with E-state index >= 15 is 0 Å². The van der Waals surface area contributed by atoms with Gasteiger partial charge < -0.3 is 15.2 Å². The van der Waals surface area contributed by atoms with Crippen LogP contribution in [0.3, 0.4) is 0 Å². The van der Waals surface area contributed by atoms with E-state index in [-0.39, 0.29) is 23.9 Å². The lowest BCUT2D eigenvalue weighted by molar-refractivity contribution is 0.0635. The fourth-order valence-corrected chi connectivity index (χ4v) is 4.34. The van der Waals surface area contributed by atoms with Gasteiger partial charge in [-0.15, -0.1) is 0 Å². The van der Waals surface area contributed by atoms with Crippen LogP contribution in [-0.2, 0) is 0 Å². The van der Waals surface area contributed by atoms with E-state index in [0.717, 1.165) is 42.4 Å². The molecule has 162 valence electrons. The standard InChI is InChI=1S/C24H27ClN4O2/c1-14-7-10-20-21(12-14)28-22(27-20)16(3)26-23(30)17-8-9-18(19(25)13-17)24(31)29-11-5-4-6-15(29)2/h7-10,12-13,15-16H,4-6,11H2,1-3H3,(H,26,30)(H,27,28). The number of rotatable bonds is 4. The summed E-state index contributed by atoms with van der Waals surface area (Å²) in [6.45, 7) is 6.70. The molecule has 2 unspecified atom stereocenters. The minimum atomic E-state index is -0.311. The Hall–Kier alpha value is -2.86. The number of hydrogen-bond donors (Lipinski definition) is 2. The molecular formula is C24H27ClN4O2. The number of halogens is 1. The molecule has 2 heterocycles. The molecule has 0 radical (unpaired) electrons. The fraction of sp³-hybridized carbons (Fsp3) is 0.375. The first kappa shape index (κ1) is 21.4. The molecule has 1 fully saturated rings. The van der Waals surface area contributed by atoms with Crippen LogP contribution in [0.4, 0.5) is 0 Å². The predicted octanol–water partition coefficient (Wildman–Crippen LogP) is 5.03. The zero-order chi connectivity index (χ0) is 22.1. The molecule has 2 N–H and O–H groups in total. The van der Waals surface area contributed by atoms with Crippen molar-refractivity contribution in [2.75, 3.05) is 6.54 Å². The van der Waals surface area contributed by atoms with Crippen molar-refractivity contribution in [1.29, 1.82) is 0 Å². The molecule has 1 saturated heterocycles. The largest absolute Gasteiger partial charge is 0.342 e. The second-order valence-electron chi connectivity index (χ2n) is 8.38. The number of aryl methyl sites for hydroxylation is 1. The van der Waals surface area contributed by atoms with Gasteiger partial charge in [0.1, 0.15) is 5.82 Å². The lowest BCUT2D eigenvalue weighted by Gasteiger charge is -2.33. The highest BCUT2D eigenvalue weighted by molar-refractivity contribution is 6.34. The summed E-state index contributed by atoms with van der Waals surface area (Å²) in [6.07, 6.45) is 3.15. The lowest BCUT2D eigenvalue weighted by Crippen LogP contribution is -2.42. The molecule has 3 aromatic rings. The smallest absolute Gasteiger partial charge is 0.255 e. The molecule has 6 nitrogen and oxygen atoms in total. The molecular weight excluding hydrogens is 412 g/mol. The van der Waals surface area contributed by atoms with E-state index in [0.29, 0.717) is 22.0 Å². The topological polar surface area (TPSA) is 78.1 Å². The zero-order valence-electron chi connectivity index (χ0n) is 18.0. The maximum absolute atomic E-state index is 12.9.